The van der Waals surface area contributed by atoms with Gasteiger partial charge < -0.3 is 5.11 Å². The standard InChI is InChI=1S/C7H14ClNO/c1-3-9(4-5-10)6-7(2)8/h10H,2-6H2,1H3. The molecule has 0 unspecified atom stereocenters. The van der Waals surface area contributed by atoms with Gasteiger partial charge in [-0.1, -0.05) is 25.1 Å². The molecule has 60 valence electrons. The molecule has 0 aromatic heterocycles. The van der Waals surface area contributed by atoms with Gasteiger partial charge in [0.2, 0.25) is 0 Å². The van der Waals surface area contributed by atoms with Gasteiger partial charge in [-0.15, -0.1) is 0 Å². The Morgan fingerprint density at radius 2 is 2.30 bits per heavy atom. The summed E-state index contributed by atoms with van der Waals surface area (Å²) in [6.07, 6.45) is 0. The molecule has 0 rings (SSSR count). The maximum atomic E-state index is 8.57. The number of aliphatic hydroxyl groups excluding tert-OH is 1. The average molecular weight is 164 g/mol. The number of hydrogen-bond acceptors (Lipinski definition) is 2. The Morgan fingerprint density at radius 3 is 2.60 bits per heavy atom. The first-order valence-corrected chi connectivity index (χ1v) is 3.75. The molecular weight excluding hydrogens is 150 g/mol. The molecule has 0 atom stereocenters. The van der Waals surface area contributed by atoms with Gasteiger partial charge in [-0.2, -0.15) is 0 Å². The van der Waals surface area contributed by atoms with Crippen LogP contribution in [0.4, 0.5) is 0 Å². The van der Waals surface area contributed by atoms with E-state index in [9.17, 15) is 0 Å². The number of rotatable bonds is 5. The maximum Gasteiger partial charge on any atom is 0.0558 e. The monoisotopic (exact) mass is 163 g/mol. The van der Waals surface area contributed by atoms with Crippen molar-refractivity contribution in [3.8, 4) is 0 Å². The molecule has 0 spiro atoms. The summed E-state index contributed by atoms with van der Waals surface area (Å²) < 4.78 is 0. The van der Waals surface area contributed by atoms with Crippen LogP contribution in [0.1, 0.15) is 6.92 Å². The van der Waals surface area contributed by atoms with Crippen LogP contribution in [0.25, 0.3) is 0 Å². The third-order valence-electron chi connectivity index (χ3n) is 1.26. The highest BCUT2D eigenvalue weighted by Crippen LogP contribution is 1.99. The molecule has 0 aromatic rings. The summed E-state index contributed by atoms with van der Waals surface area (Å²) >= 11 is 5.57. The quantitative estimate of drug-likeness (QED) is 0.655. The molecule has 0 aliphatic rings. The van der Waals surface area contributed by atoms with Crippen LogP contribution in [0.15, 0.2) is 11.6 Å². The first-order chi connectivity index (χ1) is 4.70. The number of nitrogens with zero attached hydrogens (tertiary/aromatic N) is 1. The zero-order chi connectivity index (χ0) is 7.98. The normalized spacial score (nSPS) is 10.4. The third-order valence-corrected chi connectivity index (χ3v) is 1.38. The predicted molar refractivity (Wildman–Crippen MR) is 44.2 cm³/mol. The molecule has 0 saturated heterocycles. The molecule has 0 amide bonds. The van der Waals surface area contributed by atoms with Crippen LogP contribution in [-0.2, 0) is 0 Å². The second-order valence-electron chi connectivity index (χ2n) is 2.11. The van der Waals surface area contributed by atoms with Crippen LogP contribution in [0, 0.1) is 0 Å². The fraction of sp³-hybridized carbons (Fsp3) is 0.714. The Bertz CT molecular complexity index is 106. The lowest BCUT2D eigenvalue weighted by atomic mass is 10.4. The lowest BCUT2D eigenvalue weighted by Crippen LogP contribution is -2.27. The van der Waals surface area contributed by atoms with E-state index in [1.54, 1.807) is 0 Å². The van der Waals surface area contributed by atoms with Gasteiger partial charge in [0.05, 0.1) is 6.61 Å². The van der Waals surface area contributed by atoms with E-state index in [0.717, 1.165) is 6.54 Å². The first-order valence-electron chi connectivity index (χ1n) is 3.37. The Morgan fingerprint density at radius 1 is 1.70 bits per heavy atom. The van der Waals surface area contributed by atoms with Crippen LogP contribution in [0.3, 0.4) is 0 Å². The van der Waals surface area contributed by atoms with E-state index in [0.29, 0.717) is 18.1 Å². The Labute approximate surface area is 67.1 Å². The van der Waals surface area contributed by atoms with Gasteiger partial charge in [0.1, 0.15) is 0 Å². The molecule has 2 nitrogen and oxygen atoms in total. The molecule has 0 aliphatic heterocycles. The predicted octanol–water partition coefficient (Wildman–Crippen LogP) is 1.05. The van der Waals surface area contributed by atoms with Crippen LogP contribution in [0.5, 0.6) is 0 Å². The van der Waals surface area contributed by atoms with Crippen molar-refractivity contribution in [2.45, 2.75) is 6.92 Å². The fourth-order valence-electron chi connectivity index (χ4n) is 0.733. The molecule has 0 aliphatic carbocycles. The molecule has 3 heteroatoms. The largest absolute Gasteiger partial charge is 0.395 e. The molecule has 0 heterocycles. The average Bonchev–Trinajstić information content (AvgIpc) is 1.86. The van der Waals surface area contributed by atoms with Gasteiger partial charge in [0.25, 0.3) is 0 Å². The summed E-state index contributed by atoms with van der Waals surface area (Å²) in [5.41, 5.74) is 0. The fourth-order valence-corrected chi connectivity index (χ4v) is 0.902. The van der Waals surface area contributed by atoms with Crippen molar-refractivity contribution in [1.82, 2.24) is 4.90 Å². The van der Waals surface area contributed by atoms with Gasteiger partial charge >= 0.3 is 0 Å². The Kier molecular flexibility index (Phi) is 5.69. The highest BCUT2D eigenvalue weighted by molar-refractivity contribution is 6.29. The minimum Gasteiger partial charge on any atom is -0.395 e. The SMILES string of the molecule is C=C(Cl)CN(CC)CCO. The maximum absolute atomic E-state index is 8.57. The summed E-state index contributed by atoms with van der Waals surface area (Å²) in [5, 5.41) is 9.19. The van der Waals surface area contributed by atoms with E-state index in [4.69, 9.17) is 16.7 Å². The van der Waals surface area contributed by atoms with E-state index in [2.05, 4.69) is 6.58 Å². The summed E-state index contributed by atoms with van der Waals surface area (Å²) in [4.78, 5) is 2.02. The highest BCUT2D eigenvalue weighted by Gasteiger charge is 2.00. The summed E-state index contributed by atoms with van der Waals surface area (Å²) in [7, 11) is 0. The van der Waals surface area contributed by atoms with Gasteiger partial charge in [-0.05, 0) is 6.54 Å². The van der Waals surface area contributed by atoms with E-state index in [1.807, 2.05) is 11.8 Å². The third kappa shape index (κ3) is 4.79. The second-order valence-corrected chi connectivity index (χ2v) is 2.64. The second kappa shape index (κ2) is 5.71. The van der Waals surface area contributed by atoms with Crippen LogP contribution in [0.2, 0.25) is 0 Å². The number of aliphatic hydroxyl groups is 1. The van der Waals surface area contributed by atoms with E-state index in [1.165, 1.54) is 0 Å². The van der Waals surface area contributed by atoms with Crippen molar-refractivity contribution in [3.05, 3.63) is 11.6 Å². The van der Waals surface area contributed by atoms with Crippen molar-refractivity contribution in [2.24, 2.45) is 0 Å². The topological polar surface area (TPSA) is 23.5 Å². The molecule has 0 fully saturated rings. The number of likely N-dealkylation sites (N-methyl/N-ethyl adjacent to an activating group) is 1. The van der Waals surface area contributed by atoms with E-state index >= 15 is 0 Å². The molecule has 0 saturated carbocycles. The Hall–Kier alpha value is -0.0500. The van der Waals surface area contributed by atoms with Crippen molar-refractivity contribution in [2.75, 3.05) is 26.2 Å². The molecule has 1 N–H and O–H groups in total. The molecule has 0 radical (unpaired) electrons. The van der Waals surface area contributed by atoms with Gasteiger partial charge in [0.15, 0.2) is 0 Å². The van der Waals surface area contributed by atoms with Crippen molar-refractivity contribution < 1.29 is 5.11 Å². The highest BCUT2D eigenvalue weighted by atomic mass is 35.5. The first kappa shape index (κ1) is 9.95. The minimum absolute atomic E-state index is 0.179. The molecule has 10 heavy (non-hydrogen) atoms. The molecule has 0 bridgehead atoms. The van der Waals surface area contributed by atoms with E-state index < -0.39 is 0 Å². The summed E-state index contributed by atoms with van der Waals surface area (Å²) in [6, 6.07) is 0. The van der Waals surface area contributed by atoms with Crippen molar-refractivity contribution in [3.63, 3.8) is 0 Å². The van der Waals surface area contributed by atoms with Gasteiger partial charge in [-0.3, -0.25) is 4.90 Å². The van der Waals surface area contributed by atoms with Gasteiger partial charge in [-0.25, -0.2) is 0 Å². The van der Waals surface area contributed by atoms with Gasteiger partial charge in [0, 0.05) is 18.1 Å². The van der Waals surface area contributed by atoms with Crippen LogP contribution in [-0.4, -0.2) is 36.2 Å². The summed E-state index contributed by atoms with van der Waals surface area (Å²) in [6.45, 7) is 8.00. The number of halogens is 1. The van der Waals surface area contributed by atoms with Crippen molar-refractivity contribution in [1.29, 1.82) is 0 Å². The number of hydrogen-bond donors (Lipinski definition) is 1. The van der Waals surface area contributed by atoms with Crippen molar-refractivity contribution >= 4 is 11.6 Å². The van der Waals surface area contributed by atoms with Crippen LogP contribution >= 0.6 is 11.6 Å². The minimum atomic E-state index is 0.179. The summed E-state index contributed by atoms with van der Waals surface area (Å²) in [5.74, 6) is 0. The molecular formula is C7H14ClNO. The Balaban J connectivity index is 3.49. The lowest BCUT2D eigenvalue weighted by molar-refractivity contribution is 0.213. The lowest BCUT2D eigenvalue weighted by Gasteiger charge is -2.17. The zero-order valence-corrected chi connectivity index (χ0v) is 7.06. The smallest absolute Gasteiger partial charge is 0.0558 e. The van der Waals surface area contributed by atoms with E-state index in [-0.39, 0.29) is 6.61 Å². The molecule has 0 aromatic carbocycles. The zero-order valence-electron chi connectivity index (χ0n) is 6.31. The van der Waals surface area contributed by atoms with Crippen LogP contribution < -0.4 is 0 Å².